The zero-order chi connectivity index (χ0) is 21.6. The van der Waals surface area contributed by atoms with Crippen molar-refractivity contribution in [3.8, 4) is 0 Å². The van der Waals surface area contributed by atoms with Gasteiger partial charge >= 0.3 is 0 Å². The van der Waals surface area contributed by atoms with Crippen molar-refractivity contribution in [3.05, 3.63) is 47.3 Å². The van der Waals surface area contributed by atoms with Crippen LogP contribution in [0.25, 0.3) is 11.0 Å². The first-order chi connectivity index (χ1) is 15.2. The zero-order valence-corrected chi connectivity index (χ0v) is 18.3. The van der Waals surface area contributed by atoms with Crippen LogP contribution in [0.3, 0.4) is 0 Å². The number of aryl methyl sites for hydroxylation is 1. The number of nitrogens with one attached hydrogen (secondary N) is 1. The number of benzene rings is 1. The highest BCUT2D eigenvalue weighted by Crippen LogP contribution is 2.18. The van der Waals surface area contributed by atoms with Crippen LogP contribution in [-0.2, 0) is 11.3 Å². The number of fused-ring (bicyclic) bond motifs is 1. The summed E-state index contributed by atoms with van der Waals surface area (Å²) in [7, 11) is 0. The summed E-state index contributed by atoms with van der Waals surface area (Å²) in [6, 6.07) is 7.92. The number of para-hydroxylation sites is 2. The summed E-state index contributed by atoms with van der Waals surface area (Å²) in [5.74, 6) is 0.530. The molecule has 7 nitrogen and oxygen atoms in total. The lowest BCUT2D eigenvalue weighted by Gasteiger charge is -2.31. The second kappa shape index (κ2) is 10.1. The van der Waals surface area contributed by atoms with E-state index < -0.39 is 0 Å². The van der Waals surface area contributed by atoms with E-state index in [1.807, 2.05) is 30.3 Å². The highest BCUT2D eigenvalue weighted by Gasteiger charge is 2.21. The summed E-state index contributed by atoms with van der Waals surface area (Å²) < 4.78 is 1.73. The van der Waals surface area contributed by atoms with E-state index in [4.69, 9.17) is 0 Å². The lowest BCUT2D eigenvalue weighted by molar-refractivity contribution is -0.122. The van der Waals surface area contributed by atoms with E-state index in [1.165, 1.54) is 6.42 Å². The Hall–Kier alpha value is -2.67. The fraction of sp³-hybridized carbons (Fsp3) is 0.542. The van der Waals surface area contributed by atoms with Crippen molar-refractivity contribution in [1.82, 2.24) is 19.8 Å². The number of amides is 1. The smallest absolute Gasteiger partial charge is 0.294 e. The van der Waals surface area contributed by atoms with Crippen molar-refractivity contribution in [2.24, 2.45) is 0 Å². The SMILES string of the molecule is C=CCN1CCC(NC(=O)CCn2c(=O)c(N3CCCCC3)nc3ccccc32)CC1. The lowest BCUT2D eigenvalue weighted by atomic mass is 10.0. The minimum Gasteiger partial charge on any atom is -0.353 e. The van der Waals surface area contributed by atoms with Gasteiger partial charge in [-0.1, -0.05) is 18.2 Å². The van der Waals surface area contributed by atoms with Gasteiger partial charge in [-0.25, -0.2) is 4.98 Å². The molecule has 1 amide bonds. The number of piperidine rings is 2. The number of carbonyl (C=O) groups is 1. The largest absolute Gasteiger partial charge is 0.353 e. The van der Waals surface area contributed by atoms with Gasteiger partial charge in [0.05, 0.1) is 11.0 Å². The van der Waals surface area contributed by atoms with E-state index in [2.05, 4.69) is 26.7 Å². The van der Waals surface area contributed by atoms with E-state index in [0.29, 0.717) is 18.8 Å². The third-order valence-electron chi connectivity index (χ3n) is 6.39. The summed E-state index contributed by atoms with van der Waals surface area (Å²) in [6.07, 6.45) is 7.50. The minimum absolute atomic E-state index is 0.00878. The summed E-state index contributed by atoms with van der Waals surface area (Å²) in [6.45, 7) is 8.75. The Labute approximate surface area is 183 Å². The zero-order valence-electron chi connectivity index (χ0n) is 18.3. The first kappa shape index (κ1) is 21.6. The van der Waals surface area contributed by atoms with Crippen molar-refractivity contribution in [2.45, 2.75) is 51.1 Å². The monoisotopic (exact) mass is 423 g/mol. The second-order valence-electron chi connectivity index (χ2n) is 8.61. The van der Waals surface area contributed by atoms with Gasteiger partial charge in [0.25, 0.3) is 5.56 Å². The van der Waals surface area contributed by atoms with Crippen LogP contribution in [0, 0.1) is 0 Å². The minimum atomic E-state index is -0.0915. The number of rotatable bonds is 7. The van der Waals surface area contributed by atoms with Gasteiger partial charge < -0.3 is 14.8 Å². The van der Waals surface area contributed by atoms with Gasteiger partial charge in [-0.05, 0) is 44.2 Å². The molecule has 2 aliphatic heterocycles. The molecule has 0 unspecified atom stereocenters. The van der Waals surface area contributed by atoms with Crippen LogP contribution in [0.4, 0.5) is 5.82 Å². The second-order valence-corrected chi connectivity index (χ2v) is 8.61. The summed E-state index contributed by atoms with van der Waals surface area (Å²) in [4.78, 5) is 35.1. The maximum Gasteiger partial charge on any atom is 0.294 e. The molecule has 2 aliphatic rings. The number of hydrogen-bond donors (Lipinski definition) is 1. The molecular formula is C24H33N5O2. The van der Waals surface area contributed by atoms with Gasteiger partial charge in [-0.15, -0.1) is 6.58 Å². The Morgan fingerprint density at radius 3 is 2.61 bits per heavy atom. The Morgan fingerprint density at radius 2 is 1.87 bits per heavy atom. The molecule has 0 bridgehead atoms. The molecule has 1 N–H and O–H groups in total. The van der Waals surface area contributed by atoms with Crippen LogP contribution in [-0.4, -0.2) is 59.1 Å². The fourth-order valence-electron chi connectivity index (χ4n) is 4.67. The molecule has 0 spiro atoms. The molecule has 1 aromatic heterocycles. The summed E-state index contributed by atoms with van der Waals surface area (Å²) in [5, 5.41) is 3.16. The first-order valence-corrected chi connectivity index (χ1v) is 11.5. The molecule has 0 aliphatic carbocycles. The molecule has 0 radical (unpaired) electrons. The van der Waals surface area contributed by atoms with Gasteiger partial charge in [0.2, 0.25) is 5.91 Å². The maximum absolute atomic E-state index is 13.3. The van der Waals surface area contributed by atoms with Crippen molar-refractivity contribution in [3.63, 3.8) is 0 Å². The number of likely N-dealkylation sites (tertiary alicyclic amines) is 1. The van der Waals surface area contributed by atoms with Crippen LogP contribution in [0.15, 0.2) is 41.7 Å². The van der Waals surface area contributed by atoms with Crippen LogP contribution >= 0.6 is 0 Å². The maximum atomic E-state index is 13.3. The van der Waals surface area contributed by atoms with Crippen molar-refractivity contribution >= 4 is 22.8 Å². The highest BCUT2D eigenvalue weighted by molar-refractivity contribution is 5.78. The Morgan fingerprint density at radius 1 is 1.13 bits per heavy atom. The molecule has 0 saturated carbocycles. The molecule has 7 heteroatoms. The molecule has 2 saturated heterocycles. The number of carbonyl (C=O) groups excluding carboxylic acids is 1. The number of anilines is 1. The van der Waals surface area contributed by atoms with E-state index in [1.54, 1.807) is 4.57 Å². The van der Waals surface area contributed by atoms with E-state index in [9.17, 15) is 9.59 Å². The lowest BCUT2D eigenvalue weighted by Crippen LogP contribution is -2.45. The molecule has 0 atom stereocenters. The first-order valence-electron chi connectivity index (χ1n) is 11.5. The molecular weight excluding hydrogens is 390 g/mol. The number of nitrogens with zero attached hydrogens (tertiary/aromatic N) is 4. The quantitative estimate of drug-likeness (QED) is 0.693. The van der Waals surface area contributed by atoms with Crippen molar-refractivity contribution < 1.29 is 4.79 Å². The van der Waals surface area contributed by atoms with Gasteiger partial charge in [-0.3, -0.25) is 14.5 Å². The third kappa shape index (κ3) is 5.15. The third-order valence-corrected chi connectivity index (χ3v) is 6.39. The van der Waals surface area contributed by atoms with Crippen LogP contribution in [0.5, 0.6) is 0 Å². The van der Waals surface area contributed by atoms with Crippen LogP contribution in [0.2, 0.25) is 0 Å². The molecule has 166 valence electrons. The van der Waals surface area contributed by atoms with Crippen LogP contribution < -0.4 is 15.8 Å². The van der Waals surface area contributed by atoms with E-state index in [0.717, 1.165) is 69.4 Å². The van der Waals surface area contributed by atoms with E-state index in [-0.39, 0.29) is 17.5 Å². The molecule has 1 aromatic carbocycles. The van der Waals surface area contributed by atoms with E-state index >= 15 is 0 Å². The van der Waals surface area contributed by atoms with Gasteiger partial charge in [0.15, 0.2) is 5.82 Å². The average Bonchev–Trinajstić information content (AvgIpc) is 2.80. The van der Waals surface area contributed by atoms with Gasteiger partial charge in [-0.2, -0.15) is 0 Å². The Kier molecular flexibility index (Phi) is 7.02. The number of hydrogen-bond acceptors (Lipinski definition) is 5. The molecule has 2 fully saturated rings. The highest BCUT2D eigenvalue weighted by atomic mass is 16.2. The average molecular weight is 424 g/mol. The summed E-state index contributed by atoms with van der Waals surface area (Å²) >= 11 is 0. The Bertz CT molecular complexity index is 972. The number of aromatic nitrogens is 2. The molecule has 31 heavy (non-hydrogen) atoms. The molecule has 3 heterocycles. The Balaban J connectivity index is 1.45. The summed E-state index contributed by atoms with van der Waals surface area (Å²) in [5.41, 5.74) is 1.50. The molecule has 4 rings (SSSR count). The van der Waals surface area contributed by atoms with Gasteiger partial charge in [0.1, 0.15) is 0 Å². The topological polar surface area (TPSA) is 70.5 Å². The molecule has 2 aromatic rings. The normalized spacial score (nSPS) is 18.3. The predicted octanol–water partition coefficient (Wildman–Crippen LogP) is 2.54. The van der Waals surface area contributed by atoms with Gasteiger partial charge in [0, 0.05) is 51.7 Å². The standard InChI is InChI=1S/C24H33N5O2/c1-2-13-27-16-10-19(11-17-27)25-22(30)12-18-29-21-9-5-4-8-20(21)26-23(24(29)31)28-14-6-3-7-15-28/h2,4-5,8-9,19H,1,3,6-7,10-18H2,(H,25,30). The van der Waals surface area contributed by atoms with Crippen LogP contribution in [0.1, 0.15) is 38.5 Å². The predicted molar refractivity (Wildman–Crippen MR) is 124 cm³/mol. The van der Waals surface area contributed by atoms with Crippen molar-refractivity contribution in [1.29, 1.82) is 0 Å². The van der Waals surface area contributed by atoms with Crippen molar-refractivity contribution in [2.75, 3.05) is 37.6 Å². The fourth-order valence-corrected chi connectivity index (χ4v) is 4.67.